The van der Waals surface area contributed by atoms with Crippen molar-refractivity contribution in [1.29, 1.82) is 0 Å². The summed E-state index contributed by atoms with van der Waals surface area (Å²) in [4.78, 5) is 2.39. The lowest BCUT2D eigenvalue weighted by Gasteiger charge is -2.48. The highest BCUT2D eigenvalue weighted by molar-refractivity contribution is 7.91. The van der Waals surface area contributed by atoms with Gasteiger partial charge in [-0.2, -0.15) is 0 Å². The summed E-state index contributed by atoms with van der Waals surface area (Å²) in [5, 5.41) is 3.61. The van der Waals surface area contributed by atoms with Gasteiger partial charge in [0.25, 0.3) is 0 Å². The lowest BCUT2D eigenvalue weighted by atomic mass is 9.91. The summed E-state index contributed by atoms with van der Waals surface area (Å²) in [5.74, 6) is 0.540. The predicted molar refractivity (Wildman–Crippen MR) is 81.3 cm³/mol. The average Bonchev–Trinajstić information content (AvgIpc) is 2.40. The van der Waals surface area contributed by atoms with Crippen molar-refractivity contribution in [2.75, 3.05) is 31.1 Å². The fraction of sp³-hybridized carbons (Fsp3) is 1.00. The molecule has 2 atom stereocenters. The Hall–Kier alpha value is -0.130. The van der Waals surface area contributed by atoms with Crippen molar-refractivity contribution < 1.29 is 8.42 Å². The smallest absolute Gasteiger partial charge is 0.151 e. The first kappa shape index (κ1) is 16.9. The molecule has 0 aliphatic carbocycles. The highest BCUT2D eigenvalue weighted by Gasteiger charge is 2.36. The molecule has 1 N–H and O–H groups in total. The maximum absolute atomic E-state index is 11.7. The third-order valence-electron chi connectivity index (χ3n) is 4.49. The van der Waals surface area contributed by atoms with Crippen molar-refractivity contribution in [2.24, 2.45) is 0 Å². The zero-order valence-electron chi connectivity index (χ0n) is 12.9. The number of sulfone groups is 1. The molecule has 0 bridgehead atoms. The minimum Gasteiger partial charge on any atom is -0.311 e. The molecule has 1 saturated heterocycles. The van der Waals surface area contributed by atoms with Gasteiger partial charge >= 0.3 is 0 Å². The highest BCUT2D eigenvalue weighted by Crippen LogP contribution is 2.23. The van der Waals surface area contributed by atoms with E-state index in [1.54, 1.807) is 6.92 Å². The number of rotatable bonds is 7. The van der Waals surface area contributed by atoms with Gasteiger partial charge in [0.05, 0.1) is 5.75 Å². The van der Waals surface area contributed by atoms with Crippen LogP contribution in [0.5, 0.6) is 0 Å². The van der Waals surface area contributed by atoms with E-state index in [4.69, 9.17) is 0 Å². The van der Waals surface area contributed by atoms with E-state index in [-0.39, 0.29) is 17.0 Å². The van der Waals surface area contributed by atoms with Gasteiger partial charge < -0.3 is 5.32 Å². The van der Waals surface area contributed by atoms with Gasteiger partial charge in [-0.15, -0.1) is 0 Å². The van der Waals surface area contributed by atoms with Gasteiger partial charge in [0.1, 0.15) is 0 Å². The first-order chi connectivity index (χ1) is 8.87. The zero-order valence-corrected chi connectivity index (χ0v) is 13.7. The Bertz CT molecular complexity index is 370. The van der Waals surface area contributed by atoms with E-state index in [1.165, 1.54) is 6.42 Å². The van der Waals surface area contributed by atoms with Crippen molar-refractivity contribution in [2.45, 2.75) is 58.5 Å². The summed E-state index contributed by atoms with van der Waals surface area (Å²) >= 11 is 0. The number of nitrogens with one attached hydrogen (secondary N) is 1. The minimum absolute atomic E-state index is 0.0908. The van der Waals surface area contributed by atoms with Crippen LogP contribution in [0.1, 0.15) is 47.0 Å². The van der Waals surface area contributed by atoms with E-state index >= 15 is 0 Å². The molecule has 0 saturated carbocycles. The Balaban J connectivity index is 2.67. The second-order valence-electron chi connectivity index (χ2n) is 5.90. The van der Waals surface area contributed by atoms with Gasteiger partial charge in [0, 0.05) is 37.0 Å². The molecule has 0 aromatic rings. The van der Waals surface area contributed by atoms with Crippen LogP contribution in [0.25, 0.3) is 0 Å². The molecule has 1 aliphatic rings. The van der Waals surface area contributed by atoms with E-state index in [0.717, 1.165) is 25.9 Å². The van der Waals surface area contributed by atoms with Crippen LogP contribution >= 0.6 is 0 Å². The second kappa shape index (κ2) is 7.04. The molecule has 2 unspecified atom stereocenters. The SMILES string of the molecule is CCCC1CN(CCS(=O)(=O)CC)C(C)(CC)CN1. The standard InChI is InChI=1S/C14H30N2O2S/c1-5-8-13-11-16(9-10-19(17,18)7-3)14(4,6-2)12-15-13/h13,15H,5-12H2,1-4H3. The van der Waals surface area contributed by atoms with Crippen LogP contribution in [0, 0.1) is 0 Å². The van der Waals surface area contributed by atoms with E-state index in [9.17, 15) is 8.42 Å². The Morgan fingerprint density at radius 1 is 1.32 bits per heavy atom. The lowest BCUT2D eigenvalue weighted by molar-refractivity contribution is 0.0528. The average molecular weight is 290 g/mol. The van der Waals surface area contributed by atoms with Crippen LogP contribution in [0.4, 0.5) is 0 Å². The van der Waals surface area contributed by atoms with Crippen molar-refractivity contribution in [1.82, 2.24) is 10.2 Å². The van der Waals surface area contributed by atoms with Crippen LogP contribution in [0.3, 0.4) is 0 Å². The Morgan fingerprint density at radius 3 is 2.53 bits per heavy atom. The van der Waals surface area contributed by atoms with Crippen molar-refractivity contribution in [3.8, 4) is 0 Å². The third-order valence-corrected chi connectivity index (χ3v) is 6.17. The topological polar surface area (TPSA) is 49.4 Å². The molecular weight excluding hydrogens is 260 g/mol. The molecule has 1 aliphatic heterocycles. The third kappa shape index (κ3) is 4.72. The molecule has 0 radical (unpaired) electrons. The number of hydrogen-bond acceptors (Lipinski definition) is 4. The summed E-state index contributed by atoms with van der Waals surface area (Å²) in [7, 11) is -2.87. The first-order valence-corrected chi connectivity index (χ1v) is 9.38. The first-order valence-electron chi connectivity index (χ1n) is 7.55. The number of hydrogen-bond donors (Lipinski definition) is 1. The van der Waals surface area contributed by atoms with Crippen LogP contribution in [-0.4, -0.2) is 56.0 Å². The summed E-state index contributed by atoms with van der Waals surface area (Å²) in [6.45, 7) is 10.9. The van der Waals surface area contributed by atoms with Gasteiger partial charge in [-0.1, -0.05) is 27.2 Å². The zero-order chi connectivity index (χ0) is 14.5. The van der Waals surface area contributed by atoms with Crippen LogP contribution < -0.4 is 5.32 Å². The van der Waals surface area contributed by atoms with Gasteiger partial charge in [-0.3, -0.25) is 4.90 Å². The molecule has 0 amide bonds. The fourth-order valence-corrected chi connectivity index (χ4v) is 3.46. The molecule has 1 fully saturated rings. The Kier molecular flexibility index (Phi) is 6.27. The van der Waals surface area contributed by atoms with Gasteiger partial charge in [-0.25, -0.2) is 8.42 Å². The molecule has 1 heterocycles. The normalized spacial score (nSPS) is 29.6. The monoisotopic (exact) mass is 290 g/mol. The quantitative estimate of drug-likeness (QED) is 0.775. The van der Waals surface area contributed by atoms with Crippen molar-refractivity contribution in [3.05, 3.63) is 0 Å². The van der Waals surface area contributed by atoms with E-state index in [2.05, 4.69) is 31.0 Å². The fourth-order valence-electron chi connectivity index (χ4n) is 2.67. The largest absolute Gasteiger partial charge is 0.311 e. The molecule has 0 aromatic heterocycles. The van der Waals surface area contributed by atoms with Gasteiger partial charge in [0.2, 0.25) is 0 Å². The second-order valence-corrected chi connectivity index (χ2v) is 8.37. The Labute approximate surface area is 118 Å². The number of nitrogens with zero attached hydrogens (tertiary/aromatic N) is 1. The van der Waals surface area contributed by atoms with Gasteiger partial charge in [-0.05, 0) is 19.8 Å². The van der Waals surface area contributed by atoms with Gasteiger partial charge in [0.15, 0.2) is 9.84 Å². The minimum atomic E-state index is -2.87. The van der Waals surface area contributed by atoms with Crippen LogP contribution in [0.15, 0.2) is 0 Å². The summed E-state index contributed by atoms with van der Waals surface area (Å²) in [6, 6.07) is 0.508. The molecular formula is C14H30N2O2S. The molecule has 1 rings (SSSR count). The summed E-state index contributed by atoms with van der Waals surface area (Å²) in [6.07, 6.45) is 3.38. The van der Waals surface area contributed by atoms with Crippen LogP contribution in [-0.2, 0) is 9.84 Å². The van der Waals surface area contributed by atoms with E-state index < -0.39 is 9.84 Å². The summed E-state index contributed by atoms with van der Waals surface area (Å²) < 4.78 is 23.4. The molecule has 4 nitrogen and oxygen atoms in total. The van der Waals surface area contributed by atoms with Crippen molar-refractivity contribution in [3.63, 3.8) is 0 Å². The molecule has 5 heteroatoms. The predicted octanol–water partition coefficient (Wildman–Crippen LogP) is 1.66. The molecule has 114 valence electrons. The van der Waals surface area contributed by atoms with Crippen LogP contribution in [0.2, 0.25) is 0 Å². The maximum Gasteiger partial charge on any atom is 0.151 e. The summed E-state index contributed by atoms with van der Waals surface area (Å²) in [5.41, 5.74) is 0.0908. The molecule has 19 heavy (non-hydrogen) atoms. The van der Waals surface area contributed by atoms with E-state index in [0.29, 0.717) is 12.6 Å². The number of piperazine rings is 1. The van der Waals surface area contributed by atoms with Crippen molar-refractivity contribution >= 4 is 9.84 Å². The maximum atomic E-state index is 11.7. The highest BCUT2D eigenvalue weighted by atomic mass is 32.2. The lowest BCUT2D eigenvalue weighted by Crippen LogP contribution is -2.63. The van der Waals surface area contributed by atoms with E-state index in [1.807, 2.05) is 0 Å². The molecule has 0 spiro atoms. The molecule has 0 aromatic carbocycles. The Morgan fingerprint density at radius 2 is 2.00 bits per heavy atom.